The highest BCUT2D eigenvalue weighted by Crippen LogP contribution is 2.23. The predicted molar refractivity (Wildman–Crippen MR) is 88.0 cm³/mol. The number of hydrogen-bond acceptors (Lipinski definition) is 4. The van der Waals surface area contributed by atoms with Crippen LogP contribution in [0.25, 0.3) is 26.0 Å². The summed E-state index contributed by atoms with van der Waals surface area (Å²) in [5.74, 6) is 0. The zero-order valence-electron chi connectivity index (χ0n) is 10.1. The van der Waals surface area contributed by atoms with Crippen LogP contribution >= 0.6 is 34.9 Å². The minimum atomic E-state index is -0.0698. The Kier molecular flexibility index (Phi) is 2.63. The van der Waals surface area contributed by atoms with Crippen molar-refractivity contribution in [2.45, 2.75) is 0 Å². The molecule has 0 aliphatic heterocycles. The maximum Gasteiger partial charge on any atom is 0.267 e. The van der Waals surface area contributed by atoms with Gasteiger partial charge in [0.1, 0.15) is 4.83 Å². The molecule has 1 aromatic carbocycles. The van der Waals surface area contributed by atoms with Crippen LogP contribution in [0.1, 0.15) is 0 Å². The molecule has 20 heavy (non-hydrogen) atoms. The number of nitrogens with zero attached hydrogens (tertiary/aromatic N) is 1. The molecule has 0 radical (unpaired) electrons. The van der Waals surface area contributed by atoms with Crippen LogP contribution in [0.4, 0.5) is 0 Å². The van der Waals surface area contributed by atoms with E-state index in [1.54, 1.807) is 15.9 Å². The average Bonchev–Trinajstić information content (AvgIpc) is 3.06. The second-order valence-electron chi connectivity index (χ2n) is 4.38. The summed E-state index contributed by atoms with van der Waals surface area (Å²) in [7, 11) is 0. The third-order valence-corrected chi connectivity index (χ3v) is 5.23. The Balaban J connectivity index is 2.10. The molecular weight excluding hydrogens is 308 g/mol. The number of hydrogen-bond donors (Lipinski definition) is 1. The molecule has 0 fully saturated rings. The lowest BCUT2D eigenvalue weighted by molar-refractivity contribution is 0.945. The fourth-order valence-electron chi connectivity index (χ4n) is 2.27. The second-order valence-corrected chi connectivity index (χ2v) is 6.63. The first-order chi connectivity index (χ1) is 9.74. The standard InChI is InChI=1S/C14H8N2OS3/c17-13-10-4-6-20-12(10)15-14(18)16(13)9-1-2-11-8(7-9)3-5-19-11/h1-7H,(H,15,18). The summed E-state index contributed by atoms with van der Waals surface area (Å²) in [6.07, 6.45) is 0. The van der Waals surface area contributed by atoms with E-state index in [2.05, 4.69) is 4.98 Å². The van der Waals surface area contributed by atoms with Crippen molar-refractivity contribution >= 4 is 55.2 Å². The highest BCUT2D eigenvalue weighted by Gasteiger charge is 2.09. The lowest BCUT2D eigenvalue weighted by Gasteiger charge is -2.06. The molecule has 3 aromatic heterocycles. The molecule has 3 nitrogen and oxygen atoms in total. The molecule has 0 saturated carbocycles. The van der Waals surface area contributed by atoms with Gasteiger partial charge in [-0.3, -0.25) is 9.36 Å². The number of aromatic amines is 1. The molecule has 1 N–H and O–H groups in total. The molecule has 0 unspecified atom stereocenters. The molecule has 0 spiro atoms. The van der Waals surface area contributed by atoms with Gasteiger partial charge in [-0.05, 0) is 58.7 Å². The number of rotatable bonds is 1. The molecule has 0 aliphatic carbocycles. The monoisotopic (exact) mass is 316 g/mol. The number of H-pyrrole nitrogens is 1. The van der Waals surface area contributed by atoms with Crippen molar-refractivity contribution in [2.75, 3.05) is 0 Å². The van der Waals surface area contributed by atoms with Crippen molar-refractivity contribution in [2.24, 2.45) is 0 Å². The van der Waals surface area contributed by atoms with Crippen LogP contribution in [0, 0.1) is 4.77 Å². The van der Waals surface area contributed by atoms with Gasteiger partial charge in [-0.2, -0.15) is 0 Å². The number of thiophene rings is 2. The van der Waals surface area contributed by atoms with E-state index in [0.717, 1.165) is 15.9 Å². The fourth-order valence-corrected chi connectivity index (χ4v) is 4.17. The Morgan fingerprint density at radius 2 is 1.95 bits per heavy atom. The molecule has 0 amide bonds. The largest absolute Gasteiger partial charge is 0.323 e. The summed E-state index contributed by atoms with van der Waals surface area (Å²) >= 11 is 8.51. The van der Waals surface area contributed by atoms with Gasteiger partial charge >= 0.3 is 0 Å². The van der Waals surface area contributed by atoms with Crippen LogP contribution in [0.15, 0.2) is 45.9 Å². The third-order valence-electron chi connectivity index (χ3n) is 3.22. The van der Waals surface area contributed by atoms with Crippen molar-refractivity contribution in [1.82, 2.24) is 9.55 Å². The van der Waals surface area contributed by atoms with Crippen molar-refractivity contribution in [3.05, 3.63) is 56.2 Å². The molecule has 0 bridgehead atoms. The summed E-state index contributed by atoms with van der Waals surface area (Å²) in [5, 5.41) is 5.73. The Labute approximate surface area is 126 Å². The lowest BCUT2D eigenvalue weighted by Crippen LogP contribution is -2.19. The van der Waals surface area contributed by atoms with Gasteiger partial charge in [0.25, 0.3) is 5.56 Å². The molecular formula is C14H8N2OS3. The second kappa shape index (κ2) is 4.37. The van der Waals surface area contributed by atoms with Crippen LogP contribution in [0.2, 0.25) is 0 Å². The molecule has 6 heteroatoms. The number of benzene rings is 1. The van der Waals surface area contributed by atoms with E-state index in [4.69, 9.17) is 12.2 Å². The van der Waals surface area contributed by atoms with Gasteiger partial charge in [-0.25, -0.2) is 0 Å². The first-order valence-electron chi connectivity index (χ1n) is 5.94. The average molecular weight is 316 g/mol. The lowest BCUT2D eigenvalue weighted by atomic mass is 10.2. The van der Waals surface area contributed by atoms with E-state index in [9.17, 15) is 4.79 Å². The van der Waals surface area contributed by atoms with E-state index in [-0.39, 0.29) is 5.56 Å². The summed E-state index contributed by atoms with van der Waals surface area (Å²) in [6, 6.07) is 9.82. The molecule has 3 heterocycles. The van der Waals surface area contributed by atoms with Gasteiger partial charge in [0.05, 0.1) is 11.1 Å². The predicted octanol–water partition coefficient (Wildman–Crippen LogP) is 4.32. The van der Waals surface area contributed by atoms with Gasteiger partial charge < -0.3 is 4.98 Å². The maximum absolute atomic E-state index is 12.6. The first-order valence-corrected chi connectivity index (χ1v) is 8.11. The highest BCUT2D eigenvalue weighted by molar-refractivity contribution is 7.71. The topological polar surface area (TPSA) is 37.8 Å². The molecule has 4 rings (SSSR count). The SMILES string of the molecule is O=c1c2ccsc2[nH]c(=S)n1-c1ccc2sccc2c1. The quantitative estimate of drug-likeness (QED) is 0.531. The smallest absolute Gasteiger partial charge is 0.267 e. The Morgan fingerprint density at radius 3 is 2.85 bits per heavy atom. The summed E-state index contributed by atoms with van der Waals surface area (Å²) in [6.45, 7) is 0. The molecule has 0 aliphatic rings. The number of aromatic nitrogens is 2. The van der Waals surface area contributed by atoms with Gasteiger partial charge in [0.2, 0.25) is 0 Å². The molecule has 0 saturated heterocycles. The van der Waals surface area contributed by atoms with E-state index in [0.29, 0.717) is 10.2 Å². The molecule has 98 valence electrons. The van der Waals surface area contributed by atoms with Gasteiger partial charge in [0, 0.05) is 4.70 Å². The van der Waals surface area contributed by atoms with Crippen LogP contribution < -0.4 is 5.56 Å². The summed E-state index contributed by atoms with van der Waals surface area (Å²) in [5.41, 5.74) is 0.731. The van der Waals surface area contributed by atoms with Crippen LogP contribution in [-0.4, -0.2) is 9.55 Å². The zero-order valence-corrected chi connectivity index (χ0v) is 12.6. The Bertz CT molecular complexity index is 1050. The van der Waals surface area contributed by atoms with Gasteiger partial charge in [0.15, 0.2) is 4.77 Å². The summed E-state index contributed by atoms with van der Waals surface area (Å²) in [4.78, 5) is 16.5. The van der Waals surface area contributed by atoms with Crippen molar-refractivity contribution in [1.29, 1.82) is 0 Å². The van der Waals surface area contributed by atoms with Crippen molar-refractivity contribution in [3.63, 3.8) is 0 Å². The van der Waals surface area contributed by atoms with Gasteiger partial charge in [-0.1, -0.05) is 0 Å². The fraction of sp³-hybridized carbons (Fsp3) is 0. The van der Waals surface area contributed by atoms with Crippen LogP contribution in [0.5, 0.6) is 0 Å². The van der Waals surface area contributed by atoms with E-state index in [1.807, 2.05) is 41.1 Å². The highest BCUT2D eigenvalue weighted by atomic mass is 32.1. The Morgan fingerprint density at radius 1 is 1.10 bits per heavy atom. The maximum atomic E-state index is 12.6. The zero-order chi connectivity index (χ0) is 13.7. The van der Waals surface area contributed by atoms with Crippen molar-refractivity contribution < 1.29 is 0 Å². The minimum Gasteiger partial charge on any atom is -0.323 e. The van der Waals surface area contributed by atoms with Crippen LogP contribution in [-0.2, 0) is 0 Å². The van der Waals surface area contributed by atoms with E-state index in [1.165, 1.54) is 16.0 Å². The van der Waals surface area contributed by atoms with E-state index >= 15 is 0 Å². The third kappa shape index (κ3) is 1.69. The first kappa shape index (κ1) is 12.0. The number of nitrogens with one attached hydrogen (secondary N) is 1. The minimum absolute atomic E-state index is 0.0698. The van der Waals surface area contributed by atoms with Crippen molar-refractivity contribution in [3.8, 4) is 5.69 Å². The normalized spacial score (nSPS) is 11.4. The summed E-state index contributed by atoms with van der Waals surface area (Å²) < 4.78 is 3.19. The Hall–Kier alpha value is -1.76. The number of fused-ring (bicyclic) bond motifs is 2. The van der Waals surface area contributed by atoms with Gasteiger partial charge in [-0.15, -0.1) is 22.7 Å². The van der Waals surface area contributed by atoms with E-state index < -0.39 is 0 Å². The molecule has 4 aromatic rings. The van der Waals surface area contributed by atoms with Crippen LogP contribution in [0.3, 0.4) is 0 Å². The molecule has 0 atom stereocenters.